The Labute approximate surface area is 107 Å². The Hall–Kier alpha value is -1.33. The zero-order valence-corrected chi connectivity index (χ0v) is 10.9. The van der Waals surface area contributed by atoms with E-state index in [0.29, 0.717) is 30.5 Å². The van der Waals surface area contributed by atoms with Gasteiger partial charge in [0.1, 0.15) is 11.3 Å². The molecule has 1 N–H and O–H groups in total. The van der Waals surface area contributed by atoms with Crippen LogP contribution < -0.4 is 5.32 Å². The molecule has 1 atom stereocenters. The SMILES string of the molecule is CCOC(=O)c1ccoc1CN1CCC(NC)C1. The van der Waals surface area contributed by atoms with Crippen molar-refractivity contribution >= 4 is 5.97 Å². The van der Waals surface area contributed by atoms with Crippen molar-refractivity contribution < 1.29 is 13.9 Å². The largest absolute Gasteiger partial charge is 0.467 e. The molecule has 0 spiro atoms. The number of likely N-dealkylation sites (tertiary alicyclic amines) is 1. The fourth-order valence-electron chi connectivity index (χ4n) is 2.27. The normalized spacial score (nSPS) is 20.2. The third kappa shape index (κ3) is 2.91. The Morgan fingerprint density at radius 1 is 1.67 bits per heavy atom. The molecule has 2 heterocycles. The maximum atomic E-state index is 11.7. The first-order valence-corrected chi connectivity index (χ1v) is 6.37. The highest BCUT2D eigenvalue weighted by Crippen LogP contribution is 2.18. The molecule has 0 radical (unpaired) electrons. The summed E-state index contributed by atoms with van der Waals surface area (Å²) in [6, 6.07) is 2.21. The van der Waals surface area contributed by atoms with E-state index >= 15 is 0 Å². The summed E-state index contributed by atoms with van der Waals surface area (Å²) in [5.74, 6) is 0.399. The van der Waals surface area contributed by atoms with Crippen LogP contribution in [0.4, 0.5) is 0 Å². The van der Waals surface area contributed by atoms with Crippen LogP contribution >= 0.6 is 0 Å². The highest BCUT2D eigenvalue weighted by Gasteiger charge is 2.24. The van der Waals surface area contributed by atoms with E-state index in [-0.39, 0.29) is 5.97 Å². The molecule has 1 aromatic rings. The Morgan fingerprint density at radius 2 is 2.50 bits per heavy atom. The van der Waals surface area contributed by atoms with Gasteiger partial charge < -0.3 is 14.5 Å². The van der Waals surface area contributed by atoms with Gasteiger partial charge in [0.25, 0.3) is 0 Å². The third-order valence-electron chi connectivity index (χ3n) is 3.29. The number of nitrogens with zero attached hydrogens (tertiary/aromatic N) is 1. The van der Waals surface area contributed by atoms with Crippen LogP contribution in [0.25, 0.3) is 0 Å². The summed E-state index contributed by atoms with van der Waals surface area (Å²) in [5.41, 5.74) is 0.546. The van der Waals surface area contributed by atoms with Gasteiger partial charge in [-0.25, -0.2) is 4.79 Å². The van der Waals surface area contributed by atoms with Crippen molar-refractivity contribution in [1.82, 2.24) is 10.2 Å². The lowest BCUT2D eigenvalue weighted by molar-refractivity contribution is 0.0522. The first-order valence-electron chi connectivity index (χ1n) is 6.37. The molecule has 0 saturated carbocycles. The average Bonchev–Trinajstić information content (AvgIpc) is 2.99. The molecule has 0 aliphatic carbocycles. The summed E-state index contributed by atoms with van der Waals surface area (Å²) in [4.78, 5) is 14.0. The zero-order chi connectivity index (χ0) is 13.0. The van der Waals surface area contributed by atoms with Crippen LogP contribution in [0.2, 0.25) is 0 Å². The summed E-state index contributed by atoms with van der Waals surface area (Å²) in [5, 5.41) is 3.27. The summed E-state index contributed by atoms with van der Waals surface area (Å²) in [6.07, 6.45) is 2.68. The number of carbonyl (C=O) groups excluding carboxylic acids is 1. The van der Waals surface area contributed by atoms with Gasteiger partial charge in [-0.3, -0.25) is 4.90 Å². The summed E-state index contributed by atoms with van der Waals surface area (Å²) in [6.45, 7) is 4.86. The van der Waals surface area contributed by atoms with Crippen LogP contribution in [0, 0.1) is 0 Å². The molecule has 5 nitrogen and oxygen atoms in total. The fraction of sp³-hybridized carbons (Fsp3) is 0.615. The van der Waals surface area contributed by atoms with Gasteiger partial charge in [-0.2, -0.15) is 0 Å². The first kappa shape index (κ1) is 13.1. The first-order chi connectivity index (χ1) is 8.74. The summed E-state index contributed by atoms with van der Waals surface area (Å²) in [7, 11) is 1.98. The average molecular weight is 252 g/mol. The zero-order valence-electron chi connectivity index (χ0n) is 10.9. The molecule has 1 aliphatic heterocycles. The number of ether oxygens (including phenoxy) is 1. The molecule has 5 heteroatoms. The van der Waals surface area contributed by atoms with Crippen molar-refractivity contribution in [1.29, 1.82) is 0 Å². The summed E-state index contributed by atoms with van der Waals surface area (Å²) < 4.78 is 10.4. The van der Waals surface area contributed by atoms with Crippen molar-refractivity contribution in [2.75, 3.05) is 26.7 Å². The molecular weight excluding hydrogens is 232 g/mol. The van der Waals surface area contributed by atoms with E-state index in [9.17, 15) is 4.79 Å². The highest BCUT2D eigenvalue weighted by molar-refractivity contribution is 5.90. The van der Waals surface area contributed by atoms with E-state index in [0.717, 1.165) is 19.5 Å². The van der Waals surface area contributed by atoms with Gasteiger partial charge in [-0.1, -0.05) is 0 Å². The Balaban J connectivity index is 1.98. The van der Waals surface area contributed by atoms with Gasteiger partial charge in [-0.05, 0) is 26.5 Å². The van der Waals surface area contributed by atoms with Crippen molar-refractivity contribution in [3.63, 3.8) is 0 Å². The van der Waals surface area contributed by atoms with Gasteiger partial charge in [0.05, 0.1) is 19.4 Å². The minimum Gasteiger partial charge on any atom is -0.467 e. The number of carbonyl (C=O) groups is 1. The Morgan fingerprint density at radius 3 is 3.17 bits per heavy atom. The topological polar surface area (TPSA) is 54.7 Å². The number of furan rings is 1. The van der Waals surface area contributed by atoms with Crippen LogP contribution in [0.5, 0.6) is 0 Å². The molecule has 1 fully saturated rings. The molecule has 0 amide bonds. The van der Waals surface area contributed by atoms with Crippen molar-refractivity contribution in [2.24, 2.45) is 0 Å². The molecule has 18 heavy (non-hydrogen) atoms. The van der Waals surface area contributed by atoms with E-state index in [2.05, 4.69) is 10.2 Å². The van der Waals surface area contributed by atoms with Crippen LogP contribution in [0.1, 0.15) is 29.5 Å². The summed E-state index contributed by atoms with van der Waals surface area (Å²) >= 11 is 0. The lowest BCUT2D eigenvalue weighted by Crippen LogP contribution is -2.29. The second-order valence-electron chi connectivity index (χ2n) is 4.49. The monoisotopic (exact) mass is 252 g/mol. The van der Waals surface area contributed by atoms with Crippen molar-refractivity contribution in [3.8, 4) is 0 Å². The smallest absolute Gasteiger partial charge is 0.341 e. The van der Waals surface area contributed by atoms with Gasteiger partial charge in [0.15, 0.2) is 0 Å². The number of esters is 1. The minimum atomic E-state index is -0.300. The fourth-order valence-corrected chi connectivity index (χ4v) is 2.27. The molecule has 1 aliphatic rings. The van der Waals surface area contributed by atoms with Gasteiger partial charge in [0.2, 0.25) is 0 Å². The van der Waals surface area contributed by atoms with Crippen LogP contribution in [-0.2, 0) is 11.3 Å². The number of hydrogen-bond donors (Lipinski definition) is 1. The molecule has 1 unspecified atom stereocenters. The van der Waals surface area contributed by atoms with E-state index in [1.807, 2.05) is 7.05 Å². The van der Waals surface area contributed by atoms with E-state index in [1.165, 1.54) is 0 Å². The Bertz CT molecular complexity index is 403. The maximum Gasteiger partial charge on any atom is 0.341 e. The van der Waals surface area contributed by atoms with E-state index in [4.69, 9.17) is 9.15 Å². The molecule has 100 valence electrons. The van der Waals surface area contributed by atoms with Gasteiger partial charge in [-0.15, -0.1) is 0 Å². The minimum absolute atomic E-state index is 0.300. The quantitative estimate of drug-likeness (QED) is 0.799. The number of hydrogen-bond acceptors (Lipinski definition) is 5. The predicted molar refractivity (Wildman–Crippen MR) is 67.4 cm³/mol. The predicted octanol–water partition coefficient (Wildman–Crippen LogP) is 1.25. The van der Waals surface area contributed by atoms with E-state index in [1.54, 1.807) is 19.3 Å². The maximum absolute atomic E-state index is 11.7. The van der Waals surface area contributed by atoms with Crippen LogP contribution in [0.15, 0.2) is 16.7 Å². The second-order valence-corrected chi connectivity index (χ2v) is 4.49. The molecular formula is C13H20N2O3. The second kappa shape index (κ2) is 6.02. The van der Waals surface area contributed by atoms with E-state index < -0.39 is 0 Å². The van der Waals surface area contributed by atoms with Crippen LogP contribution in [0.3, 0.4) is 0 Å². The van der Waals surface area contributed by atoms with Gasteiger partial charge in [0, 0.05) is 19.1 Å². The van der Waals surface area contributed by atoms with Crippen molar-refractivity contribution in [2.45, 2.75) is 25.9 Å². The standard InChI is InChI=1S/C13H20N2O3/c1-3-17-13(16)11-5-7-18-12(11)9-15-6-4-10(8-15)14-2/h5,7,10,14H,3-4,6,8-9H2,1-2H3. The van der Waals surface area contributed by atoms with Crippen LogP contribution in [-0.4, -0.2) is 43.7 Å². The number of nitrogens with one attached hydrogen (secondary N) is 1. The molecule has 1 aromatic heterocycles. The van der Waals surface area contributed by atoms with Gasteiger partial charge >= 0.3 is 5.97 Å². The molecule has 0 aromatic carbocycles. The van der Waals surface area contributed by atoms with Crippen molar-refractivity contribution in [3.05, 3.63) is 23.7 Å². The molecule has 2 rings (SSSR count). The molecule has 0 bridgehead atoms. The number of rotatable bonds is 5. The Kier molecular flexibility index (Phi) is 4.38. The molecule has 1 saturated heterocycles. The number of likely N-dealkylation sites (N-methyl/N-ethyl adjacent to an activating group) is 1. The highest BCUT2D eigenvalue weighted by atomic mass is 16.5. The third-order valence-corrected chi connectivity index (χ3v) is 3.29. The lowest BCUT2D eigenvalue weighted by atomic mass is 10.2. The lowest BCUT2D eigenvalue weighted by Gasteiger charge is -2.14.